The number of aliphatic hydroxyl groups is 1. The number of nitrogens with zero attached hydrogens (tertiary/aromatic N) is 2. The number of ketones is 1. The zero-order chi connectivity index (χ0) is 20.5. The molecule has 2 aromatic carbocycles. The molecule has 3 N–H and O–H groups in total. The molecule has 4 rings (SSSR count). The highest BCUT2D eigenvalue weighted by atomic mass is 32.1. The minimum Gasteiger partial charge on any atom is -0.389 e. The van der Waals surface area contributed by atoms with Crippen LogP contribution in [0, 0.1) is 13.8 Å². The second kappa shape index (κ2) is 7.77. The van der Waals surface area contributed by atoms with E-state index in [9.17, 15) is 9.90 Å². The van der Waals surface area contributed by atoms with E-state index >= 15 is 0 Å². The fourth-order valence-corrected chi connectivity index (χ4v) is 4.05. The van der Waals surface area contributed by atoms with E-state index in [2.05, 4.69) is 19.7 Å². The van der Waals surface area contributed by atoms with Crippen molar-refractivity contribution in [2.75, 3.05) is 11.9 Å². The van der Waals surface area contributed by atoms with Crippen LogP contribution in [-0.2, 0) is 0 Å². The normalized spacial score (nSPS) is 12.3. The van der Waals surface area contributed by atoms with Gasteiger partial charge in [-0.1, -0.05) is 30.3 Å². The molecule has 7 heteroatoms. The molecule has 0 fully saturated rings. The van der Waals surface area contributed by atoms with E-state index in [1.165, 1.54) is 11.5 Å². The first-order valence-electron chi connectivity index (χ1n) is 9.40. The summed E-state index contributed by atoms with van der Waals surface area (Å²) in [5.74, 6) is 0.738. The van der Waals surface area contributed by atoms with E-state index in [4.69, 9.17) is 0 Å². The van der Waals surface area contributed by atoms with E-state index in [1.54, 1.807) is 13.1 Å². The molecule has 29 heavy (non-hydrogen) atoms. The number of hydrogen-bond acceptors (Lipinski definition) is 6. The van der Waals surface area contributed by atoms with Gasteiger partial charge in [0.05, 0.1) is 18.2 Å². The number of aromatic amines is 1. The Morgan fingerprint density at radius 3 is 2.83 bits per heavy atom. The fraction of sp³-hybridized carbons (Fsp3) is 0.227. The molecule has 0 radical (unpaired) electrons. The molecular formula is C22H22N4O2S. The first kappa shape index (κ1) is 19.3. The van der Waals surface area contributed by atoms with Crippen LogP contribution in [0.5, 0.6) is 0 Å². The van der Waals surface area contributed by atoms with Gasteiger partial charge in [0.15, 0.2) is 5.78 Å². The Morgan fingerprint density at radius 1 is 1.28 bits per heavy atom. The second-order valence-corrected chi connectivity index (χ2v) is 7.85. The summed E-state index contributed by atoms with van der Waals surface area (Å²) < 4.78 is 4.24. The highest BCUT2D eigenvalue weighted by Gasteiger charge is 2.16. The first-order chi connectivity index (χ1) is 13.9. The third kappa shape index (κ3) is 3.79. The molecule has 1 atom stereocenters. The number of fused-ring (bicyclic) bond motifs is 1. The number of H-pyrrole nitrogens is 1. The smallest absolute Gasteiger partial charge is 0.183 e. The van der Waals surface area contributed by atoms with Crippen LogP contribution in [0.15, 0.2) is 42.6 Å². The molecule has 2 heterocycles. The number of aliphatic hydroxyl groups excluding tert-OH is 1. The molecule has 0 saturated carbocycles. The Morgan fingerprint density at radius 2 is 2.10 bits per heavy atom. The molecule has 0 aliphatic carbocycles. The molecule has 0 amide bonds. The molecule has 148 valence electrons. The number of carbonyl (C=O) groups is 1. The van der Waals surface area contributed by atoms with Gasteiger partial charge in [-0.05, 0) is 43.9 Å². The van der Waals surface area contributed by atoms with Crippen molar-refractivity contribution in [3.8, 4) is 10.6 Å². The number of nitrogens with one attached hydrogen (secondary N) is 2. The predicted molar refractivity (Wildman–Crippen MR) is 117 cm³/mol. The maximum atomic E-state index is 12.9. The minimum atomic E-state index is -0.604. The predicted octanol–water partition coefficient (Wildman–Crippen LogP) is 4.65. The van der Waals surface area contributed by atoms with Crippen LogP contribution in [0.2, 0.25) is 0 Å². The summed E-state index contributed by atoms with van der Waals surface area (Å²) in [4.78, 5) is 20.4. The highest BCUT2D eigenvalue weighted by Crippen LogP contribution is 2.28. The van der Waals surface area contributed by atoms with Gasteiger partial charge in [-0.25, -0.2) is 4.98 Å². The topological polar surface area (TPSA) is 90.9 Å². The molecule has 0 saturated heterocycles. The van der Waals surface area contributed by atoms with Crippen LogP contribution >= 0.6 is 11.5 Å². The van der Waals surface area contributed by atoms with Crippen LogP contribution < -0.4 is 5.32 Å². The summed E-state index contributed by atoms with van der Waals surface area (Å²) in [6.45, 7) is 5.76. The van der Waals surface area contributed by atoms with Gasteiger partial charge in [0.2, 0.25) is 0 Å². The van der Waals surface area contributed by atoms with Gasteiger partial charge in [-0.3, -0.25) is 4.79 Å². The van der Waals surface area contributed by atoms with Gasteiger partial charge >= 0.3 is 0 Å². The number of para-hydroxylation sites is 1. The zero-order valence-electron chi connectivity index (χ0n) is 16.5. The molecule has 2 aromatic heterocycles. The van der Waals surface area contributed by atoms with E-state index in [-0.39, 0.29) is 12.3 Å². The van der Waals surface area contributed by atoms with Crippen molar-refractivity contribution in [2.24, 2.45) is 0 Å². The van der Waals surface area contributed by atoms with Gasteiger partial charge in [0.1, 0.15) is 10.8 Å². The Balaban J connectivity index is 1.56. The average Bonchev–Trinajstić information content (AvgIpc) is 3.33. The molecule has 0 aliphatic heterocycles. The number of Topliss-reactive ketones (excluding diaryl/α,β-unsaturated/α-hetero) is 1. The zero-order valence-corrected chi connectivity index (χ0v) is 17.3. The summed E-state index contributed by atoms with van der Waals surface area (Å²) in [6, 6.07) is 11.6. The standard InChI is InChI=1S/C22H22N4O2S/c1-12-7-8-15(22-25-14(3)26-29-22)9-19(12)23-11-20(28)18-10-24-21-16(13(2)27)5-4-6-17(18)21/h4-10,13,23-24,27H,11H2,1-3H3. The summed E-state index contributed by atoms with van der Waals surface area (Å²) in [5, 5.41) is 14.9. The Bertz CT molecular complexity index is 1190. The van der Waals surface area contributed by atoms with Crippen molar-refractivity contribution in [3.63, 3.8) is 0 Å². The number of hydrogen-bond donors (Lipinski definition) is 3. The quantitative estimate of drug-likeness (QED) is 0.406. The summed E-state index contributed by atoms with van der Waals surface area (Å²) in [7, 11) is 0. The van der Waals surface area contributed by atoms with Crippen molar-refractivity contribution < 1.29 is 9.90 Å². The van der Waals surface area contributed by atoms with Crippen molar-refractivity contribution in [1.82, 2.24) is 14.3 Å². The highest BCUT2D eigenvalue weighted by molar-refractivity contribution is 7.09. The van der Waals surface area contributed by atoms with Crippen LogP contribution in [0.3, 0.4) is 0 Å². The summed E-state index contributed by atoms with van der Waals surface area (Å²) >= 11 is 1.36. The maximum absolute atomic E-state index is 12.9. The largest absolute Gasteiger partial charge is 0.389 e. The van der Waals surface area contributed by atoms with Gasteiger partial charge in [-0.2, -0.15) is 4.37 Å². The first-order valence-corrected chi connectivity index (χ1v) is 10.2. The SMILES string of the molecule is Cc1nsc(-c2ccc(C)c(NCC(=O)c3c[nH]c4c(C(C)O)cccc34)c2)n1. The third-order valence-corrected chi connectivity index (χ3v) is 5.81. The summed E-state index contributed by atoms with van der Waals surface area (Å²) in [6.07, 6.45) is 1.11. The molecule has 0 bridgehead atoms. The van der Waals surface area contributed by atoms with Crippen molar-refractivity contribution in [1.29, 1.82) is 0 Å². The number of rotatable bonds is 6. The van der Waals surface area contributed by atoms with E-state index in [0.717, 1.165) is 44.1 Å². The number of aryl methyl sites for hydroxylation is 2. The minimum absolute atomic E-state index is 0.0180. The van der Waals surface area contributed by atoms with E-state index in [0.29, 0.717) is 5.56 Å². The van der Waals surface area contributed by atoms with Crippen LogP contribution in [0.4, 0.5) is 5.69 Å². The molecule has 1 unspecified atom stereocenters. The lowest BCUT2D eigenvalue weighted by molar-refractivity contribution is 0.101. The lowest BCUT2D eigenvalue weighted by Gasteiger charge is -2.10. The van der Waals surface area contributed by atoms with Crippen LogP contribution in [-0.4, -0.2) is 31.8 Å². The molecule has 0 aliphatic rings. The second-order valence-electron chi connectivity index (χ2n) is 7.10. The number of anilines is 1. The Hall–Kier alpha value is -3.03. The van der Waals surface area contributed by atoms with Gasteiger partial charge in [0, 0.05) is 34.0 Å². The maximum Gasteiger partial charge on any atom is 0.183 e. The monoisotopic (exact) mass is 406 g/mol. The lowest BCUT2D eigenvalue weighted by atomic mass is 10.0. The molecule has 4 aromatic rings. The lowest BCUT2D eigenvalue weighted by Crippen LogP contribution is -2.14. The molecule has 0 spiro atoms. The van der Waals surface area contributed by atoms with Crippen molar-refractivity contribution in [3.05, 3.63) is 65.1 Å². The van der Waals surface area contributed by atoms with Crippen molar-refractivity contribution >= 4 is 33.9 Å². The number of carbonyl (C=O) groups excluding carboxylic acids is 1. The van der Waals surface area contributed by atoms with Gasteiger partial charge in [-0.15, -0.1) is 0 Å². The molecule has 6 nitrogen and oxygen atoms in total. The van der Waals surface area contributed by atoms with Crippen LogP contribution in [0.25, 0.3) is 21.5 Å². The number of aromatic nitrogens is 3. The Kier molecular flexibility index (Phi) is 5.17. The van der Waals surface area contributed by atoms with Gasteiger partial charge in [0.25, 0.3) is 0 Å². The van der Waals surface area contributed by atoms with E-state index < -0.39 is 6.10 Å². The average molecular weight is 407 g/mol. The summed E-state index contributed by atoms with van der Waals surface area (Å²) in [5.41, 5.74) is 5.13. The Labute approximate surface area is 172 Å². The van der Waals surface area contributed by atoms with Crippen LogP contribution in [0.1, 0.15) is 40.3 Å². The van der Waals surface area contributed by atoms with Gasteiger partial charge < -0.3 is 15.4 Å². The number of benzene rings is 2. The third-order valence-electron chi connectivity index (χ3n) is 4.95. The fourth-order valence-electron chi connectivity index (χ4n) is 3.39. The van der Waals surface area contributed by atoms with Crippen molar-refractivity contribution in [2.45, 2.75) is 26.9 Å². The molecular weight excluding hydrogens is 384 g/mol. The van der Waals surface area contributed by atoms with E-state index in [1.807, 2.05) is 50.2 Å².